The third-order valence-electron chi connectivity index (χ3n) is 3.70. The van der Waals surface area contributed by atoms with E-state index in [1.165, 1.54) is 5.56 Å². The Kier molecular flexibility index (Phi) is 4.06. The molecule has 0 aliphatic rings. The number of phenols is 1. The van der Waals surface area contributed by atoms with Crippen molar-refractivity contribution >= 4 is 12.2 Å². The molecule has 3 aromatic rings. The van der Waals surface area contributed by atoms with Gasteiger partial charge in [-0.1, -0.05) is 36.4 Å². The Bertz CT molecular complexity index is 834. The zero-order valence-electron chi connectivity index (χ0n) is 12.3. The van der Waals surface area contributed by atoms with E-state index in [4.69, 9.17) is 12.2 Å². The topological polar surface area (TPSA) is 53.8 Å². The van der Waals surface area contributed by atoms with E-state index >= 15 is 0 Å². The fourth-order valence-electron chi connectivity index (χ4n) is 2.46. The molecule has 4 nitrogen and oxygen atoms in total. The Hall–Kier alpha value is -2.40. The highest BCUT2D eigenvalue weighted by Crippen LogP contribution is 2.21. The third-order valence-corrected chi connectivity index (χ3v) is 4.02. The van der Waals surface area contributed by atoms with Crippen LogP contribution in [-0.2, 0) is 13.0 Å². The number of hydrogen-bond donors (Lipinski definition) is 2. The molecule has 0 saturated carbocycles. The number of aryl methyl sites for hydroxylation is 2. The first-order valence-corrected chi connectivity index (χ1v) is 7.55. The quantitative estimate of drug-likeness (QED) is 0.719. The normalized spacial score (nSPS) is 10.8. The van der Waals surface area contributed by atoms with Gasteiger partial charge in [-0.2, -0.15) is 5.10 Å². The fourth-order valence-corrected chi connectivity index (χ4v) is 2.68. The summed E-state index contributed by atoms with van der Waals surface area (Å²) in [6.45, 7) is 2.81. The first-order valence-electron chi connectivity index (χ1n) is 7.14. The molecule has 2 N–H and O–H groups in total. The van der Waals surface area contributed by atoms with Crippen LogP contribution in [-0.4, -0.2) is 19.9 Å². The zero-order chi connectivity index (χ0) is 15.5. The number of aromatic hydroxyl groups is 1. The average Bonchev–Trinajstić information content (AvgIpc) is 2.88. The molecule has 0 unspecified atom stereocenters. The minimum atomic E-state index is 0.282. The molecule has 0 radical (unpaired) electrons. The minimum Gasteiger partial charge on any atom is -0.508 e. The second kappa shape index (κ2) is 6.15. The van der Waals surface area contributed by atoms with Gasteiger partial charge in [0.05, 0.1) is 0 Å². The van der Waals surface area contributed by atoms with Crippen LogP contribution in [0.15, 0.2) is 48.5 Å². The van der Waals surface area contributed by atoms with E-state index in [2.05, 4.69) is 29.3 Å². The molecule has 0 atom stereocenters. The number of H-pyrrole nitrogens is 1. The summed E-state index contributed by atoms with van der Waals surface area (Å²) in [5.41, 5.74) is 3.40. The summed E-state index contributed by atoms with van der Waals surface area (Å²) < 4.78 is 2.64. The number of phenolic OH excluding ortho intramolecular Hbond substituents is 1. The van der Waals surface area contributed by atoms with Crippen LogP contribution in [0.1, 0.15) is 11.1 Å². The lowest BCUT2D eigenvalue weighted by molar-refractivity contribution is 0.475. The molecule has 0 spiro atoms. The molecular formula is C17H17N3OS. The number of rotatable bonds is 4. The Morgan fingerprint density at radius 3 is 2.59 bits per heavy atom. The van der Waals surface area contributed by atoms with Crippen LogP contribution >= 0.6 is 12.2 Å². The Morgan fingerprint density at radius 2 is 1.86 bits per heavy atom. The molecule has 22 heavy (non-hydrogen) atoms. The second-order valence-electron chi connectivity index (χ2n) is 5.24. The molecule has 3 rings (SSSR count). The van der Waals surface area contributed by atoms with Crippen molar-refractivity contribution in [3.8, 4) is 17.1 Å². The second-order valence-corrected chi connectivity index (χ2v) is 5.62. The van der Waals surface area contributed by atoms with Gasteiger partial charge in [-0.3, -0.25) is 9.67 Å². The monoisotopic (exact) mass is 311 g/mol. The van der Waals surface area contributed by atoms with E-state index in [0.717, 1.165) is 29.9 Å². The molecule has 0 fully saturated rings. The summed E-state index contributed by atoms with van der Waals surface area (Å²) in [4.78, 5) is 0. The van der Waals surface area contributed by atoms with Crippen LogP contribution in [0.25, 0.3) is 11.4 Å². The highest BCUT2D eigenvalue weighted by atomic mass is 32.1. The van der Waals surface area contributed by atoms with Gasteiger partial charge in [0.2, 0.25) is 0 Å². The van der Waals surface area contributed by atoms with Gasteiger partial charge in [-0.05, 0) is 48.8 Å². The largest absolute Gasteiger partial charge is 0.508 e. The Balaban J connectivity index is 1.88. The smallest absolute Gasteiger partial charge is 0.195 e. The van der Waals surface area contributed by atoms with Gasteiger partial charge in [0.15, 0.2) is 10.6 Å². The van der Waals surface area contributed by atoms with Crippen LogP contribution in [0, 0.1) is 11.7 Å². The maximum absolute atomic E-state index is 9.34. The van der Waals surface area contributed by atoms with E-state index in [1.807, 2.05) is 28.8 Å². The molecule has 0 aliphatic heterocycles. The van der Waals surface area contributed by atoms with Crippen molar-refractivity contribution in [2.24, 2.45) is 0 Å². The highest BCUT2D eigenvalue weighted by Gasteiger charge is 2.10. The molecule has 0 aliphatic carbocycles. The first-order chi connectivity index (χ1) is 10.6. The number of aromatic nitrogens is 3. The first kappa shape index (κ1) is 14.5. The summed E-state index contributed by atoms with van der Waals surface area (Å²) in [6, 6.07) is 15.4. The number of hydrogen-bond acceptors (Lipinski definition) is 3. The summed E-state index contributed by atoms with van der Waals surface area (Å²) in [5.74, 6) is 1.14. The van der Waals surface area contributed by atoms with Gasteiger partial charge in [-0.15, -0.1) is 0 Å². The van der Waals surface area contributed by atoms with E-state index in [0.29, 0.717) is 4.77 Å². The summed E-state index contributed by atoms with van der Waals surface area (Å²) in [5, 5.41) is 16.6. The van der Waals surface area contributed by atoms with Crippen molar-refractivity contribution < 1.29 is 5.11 Å². The van der Waals surface area contributed by atoms with Crippen LogP contribution in [0.5, 0.6) is 5.75 Å². The maximum atomic E-state index is 9.34. The third kappa shape index (κ3) is 2.94. The van der Waals surface area contributed by atoms with Gasteiger partial charge in [0.25, 0.3) is 0 Å². The Morgan fingerprint density at radius 1 is 1.14 bits per heavy atom. The lowest BCUT2D eigenvalue weighted by atomic mass is 10.1. The molecule has 0 bridgehead atoms. The van der Waals surface area contributed by atoms with E-state index < -0.39 is 0 Å². The Labute approximate surface area is 134 Å². The molecule has 112 valence electrons. The van der Waals surface area contributed by atoms with Crippen molar-refractivity contribution in [3.63, 3.8) is 0 Å². The summed E-state index contributed by atoms with van der Waals surface area (Å²) in [7, 11) is 0. The fraction of sp³-hybridized carbons (Fsp3) is 0.176. The van der Waals surface area contributed by atoms with Gasteiger partial charge in [0, 0.05) is 12.1 Å². The molecule has 1 aromatic heterocycles. The molecule has 1 heterocycles. The van der Waals surface area contributed by atoms with Crippen molar-refractivity contribution in [2.75, 3.05) is 0 Å². The highest BCUT2D eigenvalue weighted by molar-refractivity contribution is 7.71. The summed E-state index contributed by atoms with van der Waals surface area (Å²) in [6.07, 6.45) is 0.826. The minimum absolute atomic E-state index is 0.282. The van der Waals surface area contributed by atoms with Gasteiger partial charge in [-0.25, -0.2) is 0 Å². The SMILES string of the molecule is Cc1ccccc1-c1n[nH]c(=S)n1CCc1ccc(O)cc1. The van der Waals surface area contributed by atoms with Crippen LogP contribution in [0.4, 0.5) is 0 Å². The van der Waals surface area contributed by atoms with Crippen LogP contribution in [0.2, 0.25) is 0 Å². The molecule has 0 saturated heterocycles. The van der Waals surface area contributed by atoms with Gasteiger partial charge >= 0.3 is 0 Å². The molecule has 5 heteroatoms. The van der Waals surface area contributed by atoms with Crippen molar-refractivity contribution in [1.82, 2.24) is 14.8 Å². The predicted octanol–water partition coefficient (Wildman–Crippen LogP) is 3.86. The van der Waals surface area contributed by atoms with Crippen molar-refractivity contribution in [3.05, 3.63) is 64.4 Å². The van der Waals surface area contributed by atoms with E-state index in [1.54, 1.807) is 12.1 Å². The summed E-state index contributed by atoms with van der Waals surface area (Å²) >= 11 is 5.36. The zero-order valence-corrected chi connectivity index (χ0v) is 13.1. The standard InChI is InChI=1S/C17H17N3OS/c1-12-4-2-3-5-15(12)16-18-19-17(22)20(16)11-10-13-6-8-14(21)9-7-13/h2-9,21H,10-11H2,1H3,(H,19,22). The van der Waals surface area contributed by atoms with Gasteiger partial charge < -0.3 is 5.11 Å². The molecule has 2 aromatic carbocycles. The van der Waals surface area contributed by atoms with Crippen molar-refractivity contribution in [1.29, 1.82) is 0 Å². The van der Waals surface area contributed by atoms with Crippen molar-refractivity contribution in [2.45, 2.75) is 19.9 Å². The van der Waals surface area contributed by atoms with E-state index in [9.17, 15) is 5.11 Å². The van der Waals surface area contributed by atoms with Crippen LogP contribution in [0.3, 0.4) is 0 Å². The van der Waals surface area contributed by atoms with E-state index in [-0.39, 0.29) is 5.75 Å². The predicted molar refractivity (Wildman–Crippen MR) is 89.4 cm³/mol. The maximum Gasteiger partial charge on any atom is 0.195 e. The number of benzene rings is 2. The number of nitrogens with one attached hydrogen (secondary N) is 1. The van der Waals surface area contributed by atoms with Gasteiger partial charge in [0.1, 0.15) is 5.75 Å². The number of aromatic amines is 1. The van der Waals surface area contributed by atoms with Crippen LogP contribution < -0.4 is 0 Å². The average molecular weight is 311 g/mol. The number of nitrogens with zero attached hydrogens (tertiary/aromatic N) is 2. The lowest BCUT2D eigenvalue weighted by Gasteiger charge is -2.09. The lowest BCUT2D eigenvalue weighted by Crippen LogP contribution is -2.04. The molecular weight excluding hydrogens is 294 g/mol. The molecule has 0 amide bonds.